The van der Waals surface area contributed by atoms with Gasteiger partial charge in [-0.2, -0.15) is 0 Å². The first kappa shape index (κ1) is 29.3. The van der Waals surface area contributed by atoms with Gasteiger partial charge in [0, 0.05) is 19.8 Å². The zero-order chi connectivity index (χ0) is 27.4. The molecule has 2 aromatic rings. The van der Waals surface area contributed by atoms with Crippen molar-refractivity contribution in [3.63, 3.8) is 0 Å². The number of hydrogen-bond donors (Lipinski definition) is 2. The molecule has 1 aliphatic heterocycles. The van der Waals surface area contributed by atoms with Crippen molar-refractivity contribution in [1.82, 2.24) is 5.32 Å². The summed E-state index contributed by atoms with van der Waals surface area (Å²) in [5.41, 5.74) is -0.268. The second-order valence-electron chi connectivity index (χ2n) is 9.83. The molecule has 1 heterocycles. The van der Waals surface area contributed by atoms with Crippen molar-refractivity contribution in [2.45, 2.75) is 89.3 Å². The van der Waals surface area contributed by atoms with E-state index in [-0.39, 0.29) is 26.1 Å². The second-order valence-corrected chi connectivity index (χ2v) is 9.83. The molecule has 206 valence electrons. The van der Waals surface area contributed by atoms with Gasteiger partial charge in [0.1, 0.15) is 18.3 Å². The Morgan fingerprint density at radius 2 is 1.61 bits per heavy atom. The lowest BCUT2D eigenvalue weighted by atomic mass is 9.78. The van der Waals surface area contributed by atoms with Gasteiger partial charge < -0.3 is 24.6 Å². The summed E-state index contributed by atoms with van der Waals surface area (Å²) in [6, 6.07) is 17.2. The predicted molar refractivity (Wildman–Crippen MR) is 142 cm³/mol. The van der Waals surface area contributed by atoms with Gasteiger partial charge in [0.05, 0.1) is 6.61 Å². The fourth-order valence-corrected chi connectivity index (χ4v) is 4.74. The maximum atomic E-state index is 13.1. The van der Waals surface area contributed by atoms with Crippen LogP contribution in [-0.4, -0.2) is 53.4 Å². The number of rotatable bonds is 14. The van der Waals surface area contributed by atoms with Crippen molar-refractivity contribution in [2.24, 2.45) is 0 Å². The number of benzene rings is 2. The molecular weight excluding hydrogens is 486 g/mol. The number of cyclic esters (lactones) is 1. The van der Waals surface area contributed by atoms with Gasteiger partial charge in [-0.1, -0.05) is 93.3 Å². The summed E-state index contributed by atoms with van der Waals surface area (Å²) < 4.78 is 17.3. The molecule has 2 N–H and O–H groups in total. The number of carbonyl (C=O) groups excluding carboxylic acids is 3. The molecule has 0 radical (unpaired) electrons. The van der Waals surface area contributed by atoms with Crippen LogP contribution in [0, 0.1) is 0 Å². The molecule has 0 aromatic heterocycles. The van der Waals surface area contributed by atoms with Crippen molar-refractivity contribution in [1.29, 1.82) is 0 Å². The Labute approximate surface area is 224 Å². The molecule has 3 rings (SSSR count). The summed E-state index contributed by atoms with van der Waals surface area (Å²) in [7, 11) is 0. The van der Waals surface area contributed by atoms with E-state index in [0.717, 1.165) is 43.2 Å². The SMILES string of the molecule is CCCCCCCC(=O)OC[C@H]1OC(=O)[C@H](NC(C)=O)[C@](O)(Cc2ccccc2)[C@@H]1OCc1ccccc1. The maximum Gasteiger partial charge on any atom is 0.332 e. The molecule has 0 aliphatic carbocycles. The minimum absolute atomic E-state index is 0.00914. The molecule has 0 bridgehead atoms. The molecule has 1 fully saturated rings. The van der Waals surface area contributed by atoms with E-state index in [1.165, 1.54) is 6.92 Å². The Hall–Kier alpha value is -3.23. The number of carbonyl (C=O) groups is 3. The summed E-state index contributed by atoms with van der Waals surface area (Å²) in [6.45, 7) is 3.26. The van der Waals surface area contributed by atoms with E-state index in [2.05, 4.69) is 12.2 Å². The summed E-state index contributed by atoms with van der Waals surface area (Å²) in [5, 5.41) is 14.7. The van der Waals surface area contributed by atoms with E-state index < -0.39 is 41.7 Å². The largest absolute Gasteiger partial charge is 0.462 e. The third kappa shape index (κ3) is 8.39. The lowest BCUT2D eigenvalue weighted by Crippen LogP contribution is -2.71. The number of nitrogens with one attached hydrogen (secondary N) is 1. The first-order chi connectivity index (χ1) is 18.3. The lowest BCUT2D eigenvalue weighted by molar-refractivity contribution is -0.231. The summed E-state index contributed by atoms with van der Waals surface area (Å²) >= 11 is 0. The van der Waals surface area contributed by atoms with Crippen molar-refractivity contribution >= 4 is 17.8 Å². The second kappa shape index (κ2) is 14.6. The van der Waals surface area contributed by atoms with Gasteiger partial charge in [-0.25, -0.2) is 4.79 Å². The molecule has 0 unspecified atom stereocenters. The van der Waals surface area contributed by atoms with Gasteiger partial charge in [-0.15, -0.1) is 0 Å². The van der Waals surface area contributed by atoms with Crippen LogP contribution in [0.1, 0.15) is 63.5 Å². The van der Waals surface area contributed by atoms with E-state index in [1.54, 1.807) is 0 Å². The molecule has 8 heteroatoms. The Morgan fingerprint density at radius 1 is 0.974 bits per heavy atom. The van der Waals surface area contributed by atoms with Crippen LogP contribution in [-0.2, 0) is 41.6 Å². The number of esters is 2. The van der Waals surface area contributed by atoms with Crippen molar-refractivity contribution in [3.8, 4) is 0 Å². The third-order valence-corrected chi connectivity index (χ3v) is 6.68. The van der Waals surface area contributed by atoms with Gasteiger partial charge in [0.25, 0.3) is 0 Å². The van der Waals surface area contributed by atoms with Crippen LogP contribution < -0.4 is 5.32 Å². The molecular formula is C30H39NO7. The Kier molecular flexibility index (Phi) is 11.3. The average Bonchev–Trinajstić information content (AvgIpc) is 2.90. The number of ether oxygens (including phenoxy) is 3. The van der Waals surface area contributed by atoms with Crippen LogP contribution in [0.25, 0.3) is 0 Å². The molecule has 1 amide bonds. The van der Waals surface area contributed by atoms with E-state index in [9.17, 15) is 19.5 Å². The molecule has 0 spiro atoms. The maximum absolute atomic E-state index is 13.1. The van der Waals surface area contributed by atoms with Gasteiger partial charge in [0.2, 0.25) is 5.91 Å². The van der Waals surface area contributed by atoms with Gasteiger partial charge in [-0.05, 0) is 17.5 Å². The number of hydrogen-bond acceptors (Lipinski definition) is 7. The Bertz CT molecular complexity index is 1030. The topological polar surface area (TPSA) is 111 Å². The standard InChI is InChI=1S/C30H39NO7/c1-3-4-5-6-13-18-26(33)36-21-25-28(37-20-24-16-11-8-12-17-24)30(35,19-23-14-9-7-10-15-23)27(29(34)38-25)31-22(2)32/h7-12,14-17,25,27-28,35H,3-6,13,18-21H2,1-2H3,(H,31,32)/t25-,27+,28-,30-/m1/s1. The highest BCUT2D eigenvalue weighted by atomic mass is 16.6. The van der Waals surface area contributed by atoms with Crippen molar-refractivity contribution in [2.75, 3.05) is 6.61 Å². The van der Waals surface area contributed by atoms with E-state index in [4.69, 9.17) is 14.2 Å². The highest BCUT2D eigenvalue weighted by Gasteiger charge is 2.58. The number of unbranched alkanes of at least 4 members (excludes halogenated alkanes) is 4. The molecule has 0 saturated carbocycles. The predicted octanol–water partition coefficient (Wildman–Crippen LogP) is 3.88. The van der Waals surface area contributed by atoms with Crippen LogP contribution in [0.2, 0.25) is 0 Å². The monoisotopic (exact) mass is 525 g/mol. The first-order valence-electron chi connectivity index (χ1n) is 13.4. The fraction of sp³-hybridized carbons (Fsp3) is 0.500. The Balaban J connectivity index is 1.83. The number of amides is 1. The van der Waals surface area contributed by atoms with Crippen molar-refractivity contribution < 1.29 is 33.7 Å². The van der Waals surface area contributed by atoms with E-state index >= 15 is 0 Å². The quantitative estimate of drug-likeness (QED) is 0.284. The van der Waals surface area contributed by atoms with Crippen LogP contribution in [0.3, 0.4) is 0 Å². The summed E-state index contributed by atoms with van der Waals surface area (Å²) in [4.78, 5) is 37.5. The van der Waals surface area contributed by atoms with Crippen LogP contribution in [0.15, 0.2) is 60.7 Å². The smallest absolute Gasteiger partial charge is 0.332 e. The molecule has 2 aromatic carbocycles. The first-order valence-corrected chi connectivity index (χ1v) is 13.4. The van der Waals surface area contributed by atoms with Crippen LogP contribution in [0.5, 0.6) is 0 Å². The van der Waals surface area contributed by atoms with Crippen LogP contribution >= 0.6 is 0 Å². The summed E-state index contributed by atoms with van der Waals surface area (Å²) in [6.07, 6.45) is 3.10. The van der Waals surface area contributed by atoms with Gasteiger partial charge >= 0.3 is 11.9 Å². The third-order valence-electron chi connectivity index (χ3n) is 6.68. The van der Waals surface area contributed by atoms with Crippen molar-refractivity contribution in [3.05, 3.63) is 71.8 Å². The molecule has 1 aliphatic rings. The molecule has 38 heavy (non-hydrogen) atoms. The minimum atomic E-state index is -1.87. The normalized spacial score (nSPS) is 22.9. The number of aliphatic hydroxyl groups is 1. The molecule has 1 saturated heterocycles. The average molecular weight is 526 g/mol. The molecule has 8 nitrogen and oxygen atoms in total. The van der Waals surface area contributed by atoms with E-state index in [0.29, 0.717) is 0 Å². The lowest BCUT2D eigenvalue weighted by Gasteiger charge is -2.47. The Morgan fingerprint density at radius 3 is 2.24 bits per heavy atom. The fourth-order valence-electron chi connectivity index (χ4n) is 4.74. The highest BCUT2D eigenvalue weighted by Crippen LogP contribution is 2.34. The zero-order valence-electron chi connectivity index (χ0n) is 22.3. The zero-order valence-corrected chi connectivity index (χ0v) is 22.3. The van der Waals surface area contributed by atoms with E-state index in [1.807, 2.05) is 60.7 Å². The van der Waals surface area contributed by atoms with Gasteiger partial charge in [-0.3, -0.25) is 9.59 Å². The minimum Gasteiger partial charge on any atom is -0.462 e. The summed E-state index contributed by atoms with van der Waals surface area (Å²) in [5.74, 6) is -1.69. The molecule has 4 atom stereocenters. The van der Waals surface area contributed by atoms with Gasteiger partial charge in [0.15, 0.2) is 12.1 Å². The highest BCUT2D eigenvalue weighted by molar-refractivity contribution is 5.85. The van der Waals surface area contributed by atoms with Crippen LogP contribution in [0.4, 0.5) is 0 Å².